The second-order valence-electron chi connectivity index (χ2n) is 6.13. The van der Waals surface area contributed by atoms with Crippen LogP contribution in [-0.4, -0.2) is 41.5 Å². The Hall–Kier alpha value is -2.98. The Labute approximate surface area is 168 Å². The van der Waals surface area contributed by atoms with Gasteiger partial charge in [-0.1, -0.05) is 30.8 Å². The number of para-hydroxylation sites is 1. The summed E-state index contributed by atoms with van der Waals surface area (Å²) in [6.45, 7) is 1.91. The fourth-order valence-corrected chi connectivity index (χ4v) is 4.12. The van der Waals surface area contributed by atoms with Gasteiger partial charge in [0, 0.05) is 11.8 Å². The second-order valence-corrected chi connectivity index (χ2v) is 7.11. The molecule has 1 atom stereocenters. The van der Waals surface area contributed by atoms with Crippen molar-refractivity contribution < 1.29 is 14.3 Å². The van der Waals surface area contributed by atoms with Crippen molar-refractivity contribution in [2.45, 2.75) is 19.4 Å². The molecule has 1 heterocycles. The van der Waals surface area contributed by atoms with E-state index < -0.39 is 0 Å². The maximum absolute atomic E-state index is 12.9. The highest BCUT2D eigenvalue weighted by atomic mass is 32.2. The summed E-state index contributed by atoms with van der Waals surface area (Å²) in [6.07, 6.45) is 0.829. The molecule has 1 amide bonds. The first-order valence-electron chi connectivity index (χ1n) is 8.95. The van der Waals surface area contributed by atoms with Gasteiger partial charge in [-0.05, 0) is 42.8 Å². The minimum atomic E-state index is -0.170. The fourth-order valence-electron chi connectivity index (χ4n) is 2.83. The van der Waals surface area contributed by atoms with E-state index in [2.05, 4.69) is 11.1 Å². The van der Waals surface area contributed by atoms with Crippen LogP contribution in [0.25, 0.3) is 0 Å². The van der Waals surface area contributed by atoms with Crippen LogP contribution in [0.5, 0.6) is 11.5 Å². The van der Waals surface area contributed by atoms with Crippen LogP contribution in [0.4, 0.5) is 5.69 Å². The molecule has 3 rings (SSSR count). The van der Waals surface area contributed by atoms with Gasteiger partial charge in [-0.3, -0.25) is 9.69 Å². The van der Waals surface area contributed by atoms with E-state index in [1.54, 1.807) is 48.0 Å². The molecular formula is C21H21N3O3S. The van der Waals surface area contributed by atoms with Gasteiger partial charge >= 0.3 is 0 Å². The van der Waals surface area contributed by atoms with Gasteiger partial charge < -0.3 is 9.47 Å². The van der Waals surface area contributed by atoms with Crippen LogP contribution in [0, 0.1) is 11.3 Å². The number of carbonyl (C=O) groups excluding carboxylic acids is 1. The van der Waals surface area contributed by atoms with E-state index >= 15 is 0 Å². The molecule has 6 nitrogen and oxygen atoms in total. The van der Waals surface area contributed by atoms with Crippen molar-refractivity contribution in [3.63, 3.8) is 0 Å². The predicted molar refractivity (Wildman–Crippen MR) is 110 cm³/mol. The zero-order valence-corrected chi connectivity index (χ0v) is 16.6. The number of thioether (sulfide) groups is 1. The number of amidine groups is 1. The van der Waals surface area contributed by atoms with Gasteiger partial charge in [0.05, 0.1) is 18.4 Å². The highest BCUT2D eigenvalue weighted by molar-refractivity contribution is 8.14. The molecule has 0 saturated carbocycles. The van der Waals surface area contributed by atoms with E-state index in [1.807, 2.05) is 31.2 Å². The standard InChI is InChI=1S/C21H21N3O3S/c1-3-17-14-28-21(23-16-8-10-18(26-2)11-9-16)24(17)20(25)13-27-19-7-5-4-6-15(19)12-22/h4-11,17H,3,13-14H2,1-2H3/t17-/m0/s1. The number of methoxy groups -OCH3 is 1. The number of hydrogen-bond acceptors (Lipinski definition) is 6. The van der Waals surface area contributed by atoms with Gasteiger partial charge in [0.25, 0.3) is 5.91 Å². The number of nitriles is 1. The summed E-state index contributed by atoms with van der Waals surface area (Å²) in [5, 5.41) is 9.83. The predicted octanol–water partition coefficient (Wildman–Crippen LogP) is 3.99. The number of aliphatic imine (C=N–C) groups is 1. The lowest BCUT2D eigenvalue weighted by molar-refractivity contribution is -0.130. The molecule has 0 radical (unpaired) electrons. The third kappa shape index (κ3) is 4.46. The maximum Gasteiger partial charge on any atom is 0.266 e. The average Bonchev–Trinajstić information content (AvgIpc) is 3.15. The molecule has 0 bridgehead atoms. The zero-order valence-electron chi connectivity index (χ0n) is 15.8. The molecule has 1 aliphatic heterocycles. The third-order valence-electron chi connectivity index (χ3n) is 4.37. The first-order valence-corrected chi connectivity index (χ1v) is 9.94. The summed E-state index contributed by atoms with van der Waals surface area (Å²) in [5.41, 5.74) is 1.17. The van der Waals surface area contributed by atoms with Crippen molar-refractivity contribution in [1.82, 2.24) is 4.90 Å². The molecule has 1 saturated heterocycles. The number of nitrogens with zero attached hydrogens (tertiary/aromatic N) is 3. The number of hydrogen-bond donors (Lipinski definition) is 0. The molecule has 0 N–H and O–H groups in total. The van der Waals surface area contributed by atoms with Gasteiger partial charge in [-0.15, -0.1) is 0 Å². The summed E-state index contributed by atoms with van der Waals surface area (Å²) >= 11 is 1.56. The van der Waals surface area contributed by atoms with Gasteiger partial charge in [0.2, 0.25) is 0 Å². The van der Waals surface area contributed by atoms with Gasteiger partial charge in [0.1, 0.15) is 17.6 Å². The first-order chi connectivity index (χ1) is 13.7. The Morgan fingerprint density at radius 3 is 2.71 bits per heavy atom. The second kappa shape index (κ2) is 9.29. The molecule has 2 aromatic carbocycles. The lowest BCUT2D eigenvalue weighted by Gasteiger charge is -2.23. The summed E-state index contributed by atoms with van der Waals surface area (Å²) in [4.78, 5) is 19.2. The molecule has 144 valence electrons. The fraction of sp³-hybridized carbons (Fsp3) is 0.286. The number of benzene rings is 2. The largest absolute Gasteiger partial charge is 0.497 e. The molecular weight excluding hydrogens is 374 g/mol. The van der Waals surface area contributed by atoms with Crippen molar-refractivity contribution in [2.75, 3.05) is 19.5 Å². The van der Waals surface area contributed by atoms with Crippen LogP contribution in [-0.2, 0) is 4.79 Å². The monoisotopic (exact) mass is 395 g/mol. The van der Waals surface area contributed by atoms with E-state index in [1.165, 1.54) is 0 Å². The molecule has 28 heavy (non-hydrogen) atoms. The summed E-state index contributed by atoms with van der Waals surface area (Å²) in [6, 6.07) is 16.4. The van der Waals surface area contributed by atoms with Crippen molar-refractivity contribution in [2.24, 2.45) is 4.99 Å². The van der Waals surface area contributed by atoms with Gasteiger partial charge in [0.15, 0.2) is 11.8 Å². The highest BCUT2D eigenvalue weighted by Crippen LogP contribution is 2.30. The molecule has 0 aromatic heterocycles. The molecule has 2 aromatic rings. The van der Waals surface area contributed by atoms with Crippen LogP contribution in [0.3, 0.4) is 0 Å². The van der Waals surface area contributed by atoms with E-state index in [4.69, 9.17) is 14.7 Å². The van der Waals surface area contributed by atoms with Gasteiger partial charge in [-0.2, -0.15) is 5.26 Å². The molecule has 0 spiro atoms. The van der Waals surface area contributed by atoms with Crippen LogP contribution in [0.2, 0.25) is 0 Å². The Morgan fingerprint density at radius 2 is 2.04 bits per heavy atom. The Kier molecular flexibility index (Phi) is 6.56. The summed E-state index contributed by atoms with van der Waals surface area (Å²) in [7, 11) is 1.62. The Bertz CT molecular complexity index is 906. The highest BCUT2D eigenvalue weighted by Gasteiger charge is 2.34. The average molecular weight is 395 g/mol. The van der Waals surface area contributed by atoms with Crippen molar-refractivity contribution >= 4 is 28.5 Å². The smallest absolute Gasteiger partial charge is 0.266 e. The molecule has 1 fully saturated rings. The zero-order chi connectivity index (χ0) is 19.9. The van der Waals surface area contributed by atoms with Crippen molar-refractivity contribution in [3.8, 4) is 17.6 Å². The van der Waals surface area contributed by atoms with E-state index in [0.717, 1.165) is 23.6 Å². The lowest BCUT2D eigenvalue weighted by atomic mass is 10.2. The molecule has 7 heteroatoms. The first kappa shape index (κ1) is 19.8. The van der Waals surface area contributed by atoms with Crippen LogP contribution in [0.15, 0.2) is 53.5 Å². The third-order valence-corrected chi connectivity index (χ3v) is 5.47. The van der Waals surface area contributed by atoms with E-state index in [0.29, 0.717) is 16.5 Å². The van der Waals surface area contributed by atoms with Crippen LogP contribution in [0.1, 0.15) is 18.9 Å². The van der Waals surface area contributed by atoms with E-state index in [-0.39, 0.29) is 18.6 Å². The Morgan fingerprint density at radius 1 is 1.29 bits per heavy atom. The normalized spacial score (nSPS) is 17.4. The minimum Gasteiger partial charge on any atom is -0.497 e. The molecule has 0 aliphatic carbocycles. The maximum atomic E-state index is 12.9. The van der Waals surface area contributed by atoms with Crippen LogP contribution >= 0.6 is 11.8 Å². The van der Waals surface area contributed by atoms with Crippen molar-refractivity contribution in [1.29, 1.82) is 5.26 Å². The quantitative estimate of drug-likeness (QED) is 0.739. The Balaban J connectivity index is 1.76. The van der Waals surface area contributed by atoms with E-state index in [9.17, 15) is 4.79 Å². The lowest BCUT2D eigenvalue weighted by Crippen LogP contribution is -2.41. The minimum absolute atomic E-state index is 0.0734. The topological polar surface area (TPSA) is 74.9 Å². The van der Waals surface area contributed by atoms with Crippen molar-refractivity contribution in [3.05, 3.63) is 54.1 Å². The number of ether oxygens (including phenoxy) is 2. The van der Waals surface area contributed by atoms with Gasteiger partial charge in [-0.25, -0.2) is 4.99 Å². The van der Waals surface area contributed by atoms with Crippen LogP contribution < -0.4 is 9.47 Å². The number of rotatable bonds is 6. The summed E-state index contributed by atoms with van der Waals surface area (Å²) in [5.74, 6) is 1.79. The summed E-state index contributed by atoms with van der Waals surface area (Å²) < 4.78 is 10.8. The number of amides is 1. The SMILES string of the molecule is CC[C@H]1CSC(=Nc2ccc(OC)cc2)N1C(=O)COc1ccccc1C#N. The molecule has 0 unspecified atom stereocenters. The molecule has 1 aliphatic rings. The number of carbonyl (C=O) groups is 1.